The molecule has 0 spiro atoms. The Morgan fingerprint density at radius 1 is 1.48 bits per heavy atom. The van der Waals surface area contributed by atoms with E-state index in [0.717, 1.165) is 10.9 Å². The number of carboxylic acid groups (broad SMARTS) is 1. The van der Waals surface area contributed by atoms with Crippen molar-refractivity contribution in [2.24, 2.45) is 0 Å². The smallest absolute Gasteiger partial charge is 0.358 e. The zero-order valence-corrected chi connectivity index (χ0v) is 12.0. The van der Waals surface area contributed by atoms with Crippen molar-refractivity contribution in [3.05, 3.63) is 40.1 Å². The van der Waals surface area contributed by atoms with Gasteiger partial charge in [0.15, 0.2) is 5.69 Å². The number of rotatable bonds is 4. The van der Waals surface area contributed by atoms with Crippen LogP contribution in [0.1, 0.15) is 16.1 Å². The van der Waals surface area contributed by atoms with E-state index in [9.17, 15) is 9.59 Å². The number of halogens is 1. The summed E-state index contributed by atoms with van der Waals surface area (Å²) in [6, 6.07) is 6.71. The Kier molecular flexibility index (Phi) is 4.30. The Bertz CT molecular complexity index is 750. The lowest BCUT2D eigenvalue weighted by molar-refractivity contribution is -0.116. The maximum Gasteiger partial charge on any atom is 0.358 e. The fourth-order valence-corrected chi connectivity index (χ4v) is 1.97. The van der Waals surface area contributed by atoms with Crippen LogP contribution in [0.3, 0.4) is 0 Å². The molecule has 0 saturated heterocycles. The maximum absolute atomic E-state index is 11.8. The van der Waals surface area contributed by atoms with Gasteiger partial charge in [-0.2, -0.15) is 5.26 Å². The summed E-state index contributed by atoms with van der Waals surface area (Å²) >= 11 is 3.25. The first kappa shape index (κ1) is 14.7. The Balaban J connectivity index is 2.04. The highest BCUT2D eigenvalue weighted by Crippen LogP contribution is 2.23. The zero-order chi connectivity index (χ0) is 15.4. The number of nitriles is 1. The molecule has 2 aromatic rings. The zero-order valence-electron chi connectivity index (χ0n) is 10.4. The van der Waals surface area contributed by atoms with E-state index in [1.54, 1.807) is 18.2 Å². The van der Waals surface area contributed by atoms with Gasteiger partial charge in [-0.05, 0) is 34.1 Å². The van der Waals surface area contributed by atoms with Crippen LogP contribution in [0, 0.1) is 11.3 Å². The lowest BCUT2D eigenvalue weighted by atomic mass is 10.2. The van der Waals surface area contributed by atoms with Gasteiger partial charge in [-0.25, -0.2) is 9.48 Å². The van der Waals surface area contributed by atoms with Crippen LogP contribution in [0.15, 0.2) is 28.9 Å². The maximum atomic E-state index is 11.8. The lowest BCUT2D eigenvalue weighted by Crippen LogP contribution is -2.19. The molecular formula is C12H8BrN5O3. The van der Waals surface area contributed by atoms with Crippen LogP contribution in [0.2, 0.25) is 0 Å². The van der Waals surface area contributed by atoms with Gasteiger partial charge >= 0.3 is 5.97 Å². The molecule has 106 valence electrons. The summed E-state index contributed by atoms with van der Waals surface area (Å²) in [6.07, 6.45) is 1.16. The molecule has 0 fully saturated rings. The van der Waals surface area contributed by atoms with Crippen LogP contribution >= 0.6 is 15.9 Å². The molecule has 0 aliphatic carbocycles. The molecule has 0 radical (unpaired) electrons. The van der Waals surface area contributed by atoms with Crippen molar-refractivity contribution in [2.75, 3.05) is 5.32 Å². The van der Waals surface area contributed by atoms with Crippen LogP contribution in [0.5, 0.6) is 0 Å². The fraction of sp³-hybridized carbons (Fsp3) is 0.0833. The van der Waals surface area contributed by atoms with Gasteiger partial charge in [-0.15, -0.1) is 5.10 Å². The molecule has 0 bridgehead atoms. The number of anilines is 1. The molecule has 21 heavy (non-hydrogen) atoms. The number of aromatic carboxylic acids is 1. The van der Waals surface area contributed by atoms with Crippen molar-refractivity contribution in [1.29, 1.82) is 5.26 Å². The highest BCUT2D eigenvalue weighted by atomic mass is 79.9. The van der Waals surface area contributed by atoms with Gasteiger partial charge in [0.1, 0.15) is 6.54 Å². The topological polar surface area (TPSA) is 121 Å². The van der Waals surface area contributed by atoms with Gasteiger partial charge in [-0.3, -0.25) is 4.79 Å². The molecular weight excluding hydrogens is 342 g/mol. The van der Waals surface area contributed by atoms with Gasteiger partial charge in [0, 0.05) is 4.47 Å². The van der Waals surface area contributed by atoms with Gasteiger partial charge in [0.05, 0.1) is 23.5 Å². The van der Waals surface area contributed by atoms with E-state index in [-0.39, 0.29) is 12.2 Å². The molecule has 8 nitrogen and oxygen atoms in total. The average Bonchev–Trinajstić information content (AvgIpc) is 2.89. The van der Waals surface area contributed by atoms with E-state index >= 15 is 0 Å². The fourth-order valence-electron chi connectivity index (χ4n) is 1.50. The van der Waals surface area contributed by atoms with E-state index in [0.29, 0.717) is 15.7 Å². The minimum Gasteiger partial charge on any atom is -0.476 e. The van der Waals surface area contributed by atoms with Crippen LogP contribution in [-0.2, 0) is 11.3 Å². The summed E-state index contributed by atoms with van der Waals surface area (Å²) < 4.78 is 1.69. The number of amides is 1. The molecule has 2 rings (SSSR count). The summed E-state index contributed by atoms with van der Waals surface area (Å²) in [7, 11) is 0. The van der Waals surface area contributed by atoms with Gasteiger partial charge in [0.2, 0.25) is 5.91 Å². The highest BCUT2D eigenvalue weighted by molar-refractivity contribution is 9.10. The first-order valence-corrected chi connectivity index (χ1v) is 6.42. The van der Waals surface area contributed by atoms with Crippen LogP contribution in [0.25, 0.3) is 0 Å². The molecule has 1 aromatic heterocycles. The van der Waals surface area contributed by atoms with E-state index in [2.05, 4.69) is 31.6 Å². The molecule has 0 atom stereocenters. The predicted octanol–water partition coefficient (Wildman–Crippen LogP) is 1.25. The molecule has 0 saturated carbocycles. The van der Waals surface area contributed by atoms with E-state index < -0.39 is 11.9 Å². The number of aromatic nitrogens is 3. The first-order valence-electron chi connectivity index (χ1n) is 5.62. The summed E-state index contributed by atoms with van der Waals surface area (Å²) in [4.78, 5) is 22.5. The second-order valence-corrected chi connectivity index (χ2v) is 4.82. The molecule has 1 amide bonds. The largest absolute Gasteiger partial charge is 0.476 e. The van der Waals surface area contributed by atoms with Crippen molar-refractivity contribution in [3.8, 4) is 6.07 Å². The number of hydrogen-bond donors (Lipinski definition) is 2. The third-order valence-corrected chi connectivity index (χ3v) is 3.09. The average molecular weight is 350 g/mol. The molecule has 2 N–H and O–H groups in total. The summed E-state index contributed by atoms with van der Waals surface area (Å²) in [5, 5.41) is 27.0. The minimum absolute atomic E-state index is 0.174. The van der Waals surface area contributed by atoms with Crippen LogP contribution in [0.4, 0.5) is 5.69 Å². The number of nitrogens with zero attached hydrogens (tertiary/aromatic N) is 4. The van der Waals surface area contributed by atoms with Gasteiger partial charge < -0.3 is 10.4 Å². The Morgan fingerprint density at radius 2 is 2.24 bits per heavy atom. The van der Waals surface area contributed by atoms with Crippen molar-refractivity contribution in [2.45, 2.75) is 6.54 Å². The first-order chi connectivity index (χ1) is 9.99. The van der Waals surface area contributed by atoms with Gasteiger partial charge in [-0.1, -0.05) is 5.21 Å². The predicted molar refractivity (Wildman–Crippen MR) is 74.5 cm³/mol. The Morgan fingerprint density at radius 3 is 2.81 bits per heavy atom. The van der Waals surface area contributed by atoms with E-state index in [4.69, 9.17) is 10.4 Å². The summed E-state index contributed by atoms with van der Waals surface area (Å²) in [5.74, 6) is -1.61. The molecule has 1 heterocycles. The molecule has 0 aliphatic heterocycles. The second-order valence-electron chi connectivity index (χ2n) is 3.96. The molecule has 0 unspecified atom stereocenters. The molecule has 0 aliphatic rings. The number of nitrogens with one attached hydrogen (secondary N) is 1. The Hall–Kier alpha value is -2.73. The number of carbonyl (C=O) groups excluding carboxylic acids is 1. The second kappa shape index (κ2) is 6.15. The third-order valence-electron chi connectivity index (χ3n) is 2.44. The number of carbonyl (C=O) groups is 2. The van der Waals surface area contributed by atoms with Crippen molar-refractivity contribution in [1.82, 2.24) is 15.0 Å². The number of carboxylic acids is 1. The van der Waals surface area contributed by atoms with Crippen molar-refractivity contribution in [3.63, 3.8) is 0 Å². The molecule has 1 aromatic carbocycles. The standard InChI is InChI=1S/C12H8BrN5O3/c13-8-3-7(4-14)1-2-9(8)15-11(19)6-18-5-10(12(20)21)16-17-18/h1-3,5H,6H2,(H,15,19)(H,20,21). The van der Waals surface area contributed by atoms with Crippen molar-refractivity contribution < 1.29 is 14.7 Å². The normalized spacial score (nSPS) is 9.90. The van der Waals surface area contributed by atoms with E-state index in [1.807, 2.05) is 6.07 Å². The highest BCUT2D eigenvalue weighted by Gasteiger charge is 2.11. The summed E-state index contributed by atoms with van der Waals surface area (Å²) in [6.45, 7) is -0.174. The SMILES string of the molecule is N#Cc1ccc(NC(=O)Cn2cc(C(=O)O)nn2)c(Br)c1. The number of benzene rings is 1. The minimum atomic E-state index is -1.21. The lowest BCUT2D eigenvalue weighted by Gasteiger charge is -2.07. The number of hydrogen-bond acceptors (Lipinski definition) is 5. The van der Waals surface area contributed by atoms with E-state index in [1.165, 1.54) is 0 Å². The van der Waals surface area contributed by atoms with Crippen molar-refractivity contribution >= 4 is 33.5 Å². The van der Waals surface area contributed by atoms with Crippen LogP contribution in [-0.4, -0.2) is 32.0 Å². The monoisotopic (exact) mass is 349 g/mol. The Labute approximate surface area is 127 Å². The quantitative estimate of drug-likeness (QED) is 0.856. The van der Waals surface area contributed by atoms with Crippen LogP contribution < -0.4 is 5.32 Å². The third kappa shape index (κ3) is 3.64. The molecule has 9 heteroatoms. The summed E-state index contributed by atoms with van der Waals surface area (Å²) in [5.41, 5.74) is 0.724. The van der Waals surface area contributed by atoms with Gasteiger partial charge in [0.25, 0.3) is 0 Å².